The fourth-order valence-electron chi connectivity index (χ4n) is 1.90. The number of rotatable bonds is 2. The van der Waals surface area contributed by atoms with Crippen LogP contribution in [0.25, 0.3) is 0 Å². The topological polar surface area (TPSA) is 29.3 Å². The molecule has 2 nitrogen and oxygen atoms in total. The summed E-state index contributed by atoms with van der Waals surface area (Å²) in [6.07, 6.45) is 1.05. The van der Waals surface area contributed by atoms with Crippen molar-refractivity contribution >= 4 is 28.3 Å². The molecule has 0 saturated carbocycles. The van der Waals surface area contributed by atoms with Crippen LogP contribution in [0.3, 0.4) is 0 Å². The summed E-state index contributed by atoms with van der Waals surface area (Å²) in [5.41, 5.74) is 6.94. The second kappa shape index (κ2) is 5.96. The molecule has 0 aliphatic carbocycles. The van der Waals surface area contributed by atoms with Gasteiger partial charge in [0.25, 0.3) is 0 Å². The van der Waals surface area contributed by atoms with E-state index >= 15 is 0 Å². The average Bonchev–Trinajstić information content (AvgIpc) is 2.56. The van der Waals surface area contributed by atoms with Crippen LogP contribution in [0.15, 0.2) is 22.7 Å². The van der Waals surface area contributed by atoms with Gasteiger partial charge in [-0.2, -0.15) is 0 Å². The van der Waals surface area contributed by atoms with Gasteiger partial charge in [0, 0.05) is 30.1 Å². The van der Waals surface area contributed by atoms with Crippen LogP contribution in [0.2, 0.25) is 0 Å². The minimum absolute atomic E-state index is 0. The van der Waals surface area contributed by atoms with Gasteiger partial charge in [0.2, 0.25) is 0 Å². The van der Waals surface area contributed by atoms with Gasteiger partial charge < -0.3 is 5.73 Å². The van der Waals surface area contributed by atoms with Crippen LogP contribution in [-0.2, 0) is 6.54 Å². The Morgan fingerprint density at radius 3 is 2.81 bits per heavy atom. The molecule has 1 atom stereocenters. The van der Waals surface area contributed by atoms with Crippen LogP contribution in [0.1, 0.15) is 12.0 Å². The first kappa shape index (κ1) is 13.9. The van der Waals surface area contributed by atoms with E-state index in [1.807, 2.05) is 6.07 Å². The van der Waals surface area contributed by atoms with E-state index in [2.05, 4.69) is 20.8 Å². The highest BCUT2D eigenvalue weighted by atomic mass is 79.9. The van der Waals surface area contributed by atoms with Crippen LogP contribution < -0.4 is 5.73 Å². The summed E-state index contributed by atoms with van der Waals surface area (Å²) in [5.74, 6) is -0.205. The summed E-state index contributed by atoms with van der Waals surface area (Å²) in [5, 5.41) is 0. The summed E-state index contributed by atoms with van der Waals surface area (Å²) >= 11 is 3.37. The van der Waals surface area contributed by atoms with Crippen LogP contribution in [-0.4, -0.2) is 24.0 Å². The highest BCUT2D eigenvalue weighted by Gasteiger charge is 2.19. The molecule has 2 N–H and O–H groups in total. The minimum Gasteiger partial charge on any atom is -0.326 e. The third-order valence-electron chi connectivity index (χ3n) is 2.72. The smallest absolute Gasteiger partial charge is 0.124 e. The van der Waals surface area contributed by atoms with Crippen LogP contribution >= 0.6 is 28.3 Å². The maximum atomic E-state index is 12.9. The van der Waals surface area contributed by atoms with Crippen molar-refractivity contribution in [1.82, 2.24) is 4.90 Å². The van der Waals surface area contributed by atoms with Gasteiger partial charge in [-0.15, -0.1) is 12.4 Å². The number of nitrogens with zero attached hydrogens (tertiary/aromatic N) is 1. The van der Waals surface area contributed by atoms with Crippen molar-refractivity contribution in [3.63, 3.8) is 0 Å². The predicted octanol–water partition coefficient (Wildman–Crippen LogP) is 2.54. The fourth-order valence-corrected chi connectivity index (χ4v) is 2.37. The molecule has 5 heteroatoms. The van der Waals surface area contributed by atoms with Gasteiger partial charge in [-0.3, -0.25) is 4.90 Å². The molecule has 1 aromatic rings. The molecule has 0 radical (unpaired) electrons. The Hall–Kier alpha value is -0.160. The molecule has 0 aromatic heterocycles. The zero-order valence-electron chi connectivity index (χ0n) is 8.83. The summed E-state index contributed by atoms with van der Waals surface area (Å²) < 4.78 is 13.7. The number of likely N-dealkylation sites (tertiary alicyclic amines) is 1. The first-order chi connectivity index (χ1) is 7.15. The quantitative estimate of drug-likeness (QED) is 0.910. The highest BCUT2D eigenvalue weighted by molar-refractivity contribution is 9.10. The predicted molar refractivity (Wildman–Crippen MR) is 69.2 cm³/mol. The summed E-state index contributed by atoms with van der Waals surface area (Å²) in [7, 11) is 0. The number of nitrogens with two attached hydrogens (primary N) is 1. The van der Waals surface area contributed by atoms with E-state index in [9.17, 15) is 4.39 Å². The third kappa shape index (κ3) is 3.42. The van der Waals surface area contributed by atoms with Crippen molar-refractivity contribution in [2.24, 2.45) is 5.73 Å². The third-order valence-corrected chi connectivity index (χ3v) is 3.46. The van der Waals surface area contributed by atoms with E-state index in [-0.39, 0.29) is 18.2 Å². The molecule has 1 saturated heterocycles. The molecule has 2 rings (SSSR count). The van der Waals surface area contributed by atoms with Crippen molar-refractivity contribution in [2.75, 3.05) is 13.1 Å². The van der Waals surface area contributed by atoms with Gasteiger partial charge in [0.15, 0.2) is 0 Å². The van der Waals surface area contributed by atoms with E-state index in [1.165, 1.54) is 12.1 Å². The molecule has 0 spiro atoms. The molecule has 0 unspecified atom stereocenters. The average molecular weight is 310 g/mol. The van der Waals surface area contributed by atoms with Crippen molar-refractivity contribution in [1.29, 1.82) is 0 Å². The van der Waals surface area contributed by atoms with Crippen LogP contribution in [0.5, 0.6) is 0 Å². The summed E-state index contributed by atoms with van der Waals surface area (Å²) in [6, 6.07) is 5.12. The molecule has 1 aromatic carbocycles. The van der Waals surface area contributed by atoms with Crippen LogP contribution in [0.4, 0.5) is 4.39 Å². The normalized spacial score (nSPS) is 20.8. The van der Waals surface area contributed by atoms with E-state index in [4.69, 9.17) is 5.73 Å². The Kier molecular flexibility index (Phi) is 5.18. The van der Waals surface area contributed by atoms with Gasteiger partial charge >= 0.3 is 0 Å². The zero-order chi connectivity index (χ0) is 10.8. The fraction of sp³-hybridized carbons (Fsp3) is 0.455. The van der Waals surface area contributed by atoms with E-state index in [0.717, 1.165) is 36.1 Å². The molecule has 16 heavy (non-hydrogen) atoms. The molecule has 0 amide bonds. The van der Waals surface area contributed by atoms with E-state index < -0.39 is 0 Å². The molecule has 1 aliphatic heterocycles. The van der Waals surface area contributed by atoms with Gasteiger partial charge in [-0.25, -0.2) is 4.39 Å². The maximum Gasteiger partial charge on any atom is 0.124 e. The number of hydrogen-bond acceptors (Lipinski definition) is 2. The Labute approximate surface area is 110 Å². The lowest BCUT2D eigenvalue weighted by molar-refractivity contribution is 0.326. The van der Waals surface area contributed by atoms with Crippen molar-refractivity contribution in [3.8, 4) is 0 Å². The lowest BCUT2D eigenvalue weighted by atomic mass is 10.2. The molecular formula is C11H15BrClFN2. The lowest BCUT2D eigenvalue weighted by Crippen LogP contribution is -2.26. The minimum atomic E-state index is -0.205. The number of halogens is 3. The van der Waals surface area contributed by atoms with Crippen LogP contribution in [0, 0.1) is 5.82 Å². The second-order valence-corrected chi connectivity index (χ2v) is 4.87. The molecule has 1 aliphatic rings. The lowest BCUT2D eigenvalue weighted by Gasteiger charge is -2.16. The van der Waals surface area contributed by atoms with E-state index in [0.29, 0.717) is 6.04 Å². The second-order valence-electron chi connectivity index (χ2n) is 4.02. The molecule has 0 bridgehead atoms. The molecule has 1 heterocycles. The SMILES string of the molecule is Cl.N[C@@H]1CCN(Cc2ccc(F)cc2Br)C1. The standard InChI is InChI=1S/C11H14BrFN2.ClH/c12-11-5-9(13)2-1-8(11)6-15-4-3-10(14)7-15;/h1-2,5,10H,3-4,6-7,14H2;1H/t10-;/m1./s1. The molecular weight excluding hydrogens is 294 g/mol. The Balaban J connectivity index is 0.00000128. The largest absolute Gasteiger partial charge is 0.326 e. The number of hydrogen-bond donors (Lipinski definition) is 1. The first-order valence-electron chi connectivity index (χ1n) is 5.07. The van der Waals surface area contributed by atoms with Gasteiger partial charge in [-0.1, -0.05) is 22.0 Å². The van der Waals surface area contributed by atoms with E-state index in [1.54, 1.807) is 0 Å². The Morgan fingerprint density at radius 2 is 2.25 bits per heavy atom. The first-order valence-corrected chi connectivity index (χ1v) is 5.86. The van der Waals surface area contributed by atoms with Crippen molar-refractivity contribution < 1.29 is 4.39 Å². The highest BCUT2D eigenvalue weighted by Crippen LogP contribution is 2.21. The van der Waals surface area contributed by atoms with Gasteiger partial charge in [-0.05, 0) is 24.1 Å². The van der Waals surface area contributed by atoms with Crippen molar-refractivity contribution in [2.45, 2.75) is 19.0 Å². The zero-order valence-corrected chi connectivity index (χ0v) is 11.2. The molecule has 1 fully saturated rings. The Morgan fingerprint density at radius 1 is 1.50 bits per heavy atom. The maximum absolute atomic E-state index is 12.9. The Bertz CT molecular complexity index is 362. The van der Waals surface area contributed by atoms with Gasteiger partial charge in [0.05, 0.1) is 0 Å². The number of benzene rings is 1. The van der Waals surface area contributed by atoms with Crippen molar-refractivity contribution in [3.05, 3.63) is 34.1 Å². The monoisotopic (exact) mass is 308 g/mol. The van der Waals surface area contributed by atoms with Gasteiger partial charge in [0.1, 0.15) is 5.82 Å². The molecule has 90 valence electrons. The summed E-state index contributed by atoms with van der Waals surface area (Å²) in [6.45, 7) is 2.81. The summed E-state index contributed by atoms with van der Waals surface area (Å²) in [4.78, 5) is 2.29.